The first kappa shape index (κ1) is 12.7. The van der Waals surface area contributed by atoms with Crippen LogP contribution in [-0.2, 0) is 6.18 Å². The maximum absolute atomic E-state index is 12.7. The molecule has 2 aromatic rings. The number of nitrogens with one attached hydrogen (secondary N) is 1. The van der Waals surface area contributed by atoms with Crippen LogP contribution < -0.4 is 5.32 Å². The Labute approximate surface area is 103 Å². The molecule has 1 aromatic heterocycles. The van der Waals surface area contributed by atoms with Crippen molar-refractivity contribution in [3.8, 4) is 0 Å². The van der Waals surface area contributed by atoms with Crippen LogP contribution >= 0.6 is 0 Å². The maximum atomic E-state index is 12.7. The van der Waals surface area contributed by atoms with E-state index in [0.717, 1.165) is 22.6 Å². The van der Waals surface area contributed by atoms with Gasteiger partial charge in [-0.05, 0) is 37.1 Å². The molecule has 0 saturated carbocycles. The largest absolute Gasteiger partial charge is 0.433 e. The van der Waals surface area contributed by atoms with Gasteiger partial charge in [0.05, 0.1) is 5.52 Å². The first-order chi connectivity index (χ1) is 8.32. The van der Waals surface area contributed by atoms with Gasteiger partial charge in [-0.25, -0.2) is 4.98 Å². The molecule has 0 radical (unpaired) electrons. The summed E-state index contributed by atoms with van der Waals surface area (Å²) in [4.78, 5) is 3.71. The summed E-state index contributed by atoms with van der Waals surface area (Å²) in [5.74, 6) is 0. The molecule has 0 bridgehead atoms. The van der Waals surface area contributed by atoms with Crippen molar-refractivity contribution in [3.05, 3.63) is 35.0 Å². The Bertz CT molecular complexity index is 603. The summed E-state index contributed by atoms with van der Waals surface area (Å²) in [6.07, 6.45) is -4.43. The van der Waals surface area contributed by atoms with Crippen molar-refractivity contribution < 1.29 is 13.2 Å². The van der Waals surface area contributed by atoms with Gasteiger partial charge in [0.1, 0.15) is 5.69 Å². The third-order valence-electron chi connectivity index (χ3n) is 2.81. The quantitative estimate of drug-likeness (QED) is 0.834. The number of hydrogen-bond acceptors (Lipinski definition) is 2. The highest BCUT2D eigenvalue weighted by Crippen LogP contribution is 2.34. The number of benzene rings is 1. The Morgan fingerprint density at radius 1 is 1.11 bits per heavy atom. The molecule has 1 heterocycles. The van der Waals surface area contributed by atoms with Gasteiger partial charge < -0.3 is 5.32 Å². The average Bonchev–Trinajstić information content (AvgIpc) is 2.25. The van der Waals surface area contributed by atoms with Crippen LogP contribution in [0.1, 0.15) is 16.8 Å². The molecule has 0 aliphatic carbocycles. The SMILES string of the molecule is CNc1cc(C(F)(F)F)nc2cc(C)cc(C)c12. The van der Waals surface area contributed by atoms with E-state index in [4.69, 9.17) is 0 Å². The lowest BCUT2D eigenvalue weighted by Crippen LogP contribution is -2.09. The fraction of sp³-hybridized carbons (Fsp3) is 0.308. The Balaban J connectivity index is 2.84. The topological polar surface area (TPSA) is 24.9 Å². The van der Waals surface area contributed by atoms with Gasteiger partial charge in [0, 0.05) is 18.1 Å². The van der Waals surface area contributed by atoms with Crippen LogP contribution in [0.4, 0.5) is 18.9 Å². The minimum Gasteiger partial charge on any atom is -0.388 e. The van der Waals surface area contributed by atoms with Crippen LogP contribution in [0.25, 0.3) is 10.9 Å². The van der Waals surface area contributed by atoms with E-state index in [1.54, 1.807) is 13.1 Å². The van der Waals surface area contributed by atoms with Crippen LogP contribution in [0.2, 0.25) is 0 Å². The molecule has 2 nitrogen and oxygen atoms in total. The zero-order chi connectivity index (χ0) is 13.5. The summed E-state index contributed by atoms with van der Waals surface area (Å²) in [5, 5.41) is 3.54. The summed E-state index contributed by atoms with van der Waals surface area (Å²) in [6, 6.07) is 4.64. The normalized spacial score (nSPS) is 11.9. The van der Waals surface area contributed by atoms with Crippen molar-refractivity contribution in [1.29, 1.82) is 0 Å². The molecule has 0 saturated heterocycles. The summed E-state index contributed by atoms with van der Waals surface area (Å²) < 4.78 is 38.2. The third kappa shape index (κ3) is 2.12. The molecular weight excluding hydrogens is 241 g/mol. The van der Waals surface area contributed by atoms with Gasteiger partial charge in [0.25, 0.3) is 0 Å². The lowest BCUT2D eigenvalue weighted by Gasteiger charge is -2.13. The number of pyridine rings is 1. The first-order valence-corrected chi connectivity index (χ1v) is 5.50. The second-order valence-corrected chi connectivity index (χ2v) is 4.28. The zero-order valence-corrected chi connectivity index (χ0v) is 10.3. The number of nitrogens with zero attached hydrogens (tertiary/aromatic N) is 1. The highest BCUT2D eigenvalue weighted by Gasteiger charge is 2.33. The monoisotopic (exact) mass is 254 g/mol. The summed E-state index contributed by atoms with van der Waals surface area (Å²) in [7, 11) is 1.61. The van der Waals surface area contributed by atoms with Crippen LogP contribution in [0.5, 0.6) is 0 Å². The molecule has 1 N–H and O–H groups in total. The van der Waals surface area contributed by atoms with E-state index < -0.39 is 11.9 Å². The van der Waals surface area contributed by atoms with Crippen LogP contribution in [-0.4, -0.2) is 12.0 Å². The van der Waals surface area contributed by atoms with E-state index in [2.05, 4.69) is 10.3 Å². The molecule has 0 spiro atoms. The molecule has 0 aliphatic heterocycles. The van der Waals surface area contributed by atoms with Crippen molar-refractivity contribution in [2.75, 3.05) is 12.4 Å². The van der Waals surface area contributed by atoms with Gasteiger partial charge >= 0.3 is 6.18 Å². The van der Waals surface area contributed by atoms with Crippen LogP contribution in [0, 0.1) is 13.8 Å². The molecule has 0 aliphatic rings. The molecule has 18 heavy (non-hydrogen) atoms. The van der Waals surface area contributed by atoms with Crippen molar-refractivity contribution in [2.24, 2.45) is 0 Å². The van der Waals surface area contributed by atoms with E-state index in [9.17, 15) is 13.2 Å². The third-order valence-corrected chi connectivity index (χ3v) is 2.81. The Morgan fingerprint density at radius 3 is 2.33 bits per heavy atom. The van der Waals surface area contributed by atoms with Gasteiger partial charge in [-0.3, -0.25) is 0 Å². The number of halogens is 3. The lowest BCUT2D eigenvalue weighted by atomic mass is 10.0. The van der Waals surface area contributed by atoms with Crippen molar-refractivity contribution in [1.82, 2.24) is 4.98 Å². The second kappa shape index (κ2) is 4.15. The molecule has 0 atom stereocenters. The maximum Gasteiger partial charge on any atom is 0.433 e. The van der Waals surface area contributed by atoms with Gasteiger partial charge in [-0.15, -0.1) is 0 Å². The van der Waals surface area contributed by atoms with E-state index in [1.807, 2.05) is 19.9 Å². The molecule has 96 valence electrons. The van der Waals surface area contributed by atoms with Crippen LogP contribution in [0.3, 0.4) is 0 Å². The van der Waals surface area contributed by atoms with E-state index in [0.29, 0.717) is 11.2 Å². The van der Waals surface area contributed by atoms with E-state index in [1.165, 1.54) is 0 Å². The molecular formula is C13H13F3N2. The molecule has 5 heteroatoms. The fourth-order valence-corrected chi connectivity index (χ4v) is 2.10. The van der Waals surface area contributed by atoms with Crippen molar-refractivity contribution in [2.45, 2.75) is 20.0 Å². The summed E-state index contributed by atoms with van der Waals surface area (Å²) in [5.41, 5.74) is 1.75. The number of fused-ring (bicyclic) bond motifs is 1. The Kier molecular flexibility index (Phi) is 2.92. The smallest absolute Gasteiger partial charge is 0.388 e. The average molecular weight is 254 g/mol. The number of hydrogen-bond donors (Lipinski definition) is 1. The zero-order valence-electron chi connectivity index (χ0n) is 10.3. The van der Waals surface area contributed by atoms with Gasteiger partial charge in [-0.1, -0.05) is 6.07 Å². The predicted molar refractivity (Wildman–Crippen MR) is 65.8 cm³/mol. The highest BCUT2D eigenvalue weighted by molar-refractivity contribution is 5.94. The number of aromatic nitrogens is 1. The number of anilines is 1. The van der Waals surface area contributed by atoms with Crippen molar-refractivity contribution >= 4 is 16.6 Å². The van der Waals surface area contributed by atoms with E-state index >= 15 is 0 Å². The van der Waals surface area contributed by atoms with Gasteiger partial charge in [0.2, 0.25) is 0 Å². The second-order valence-electron chi connectivity index (χ2n) is 4.28. The predicted octanol–water partition coefficient (Wildman–Crippen LogP) is 3.91. The minimum atomic E-state index is -4.43. The van der Waals surface area contributed by atoms with Gasteiger partial charge in [0.15, 0.2) is 0 Å². The number of rotatable bonds is 1. The van der Waals surface area contributed by atoms with E-state index in [-0.39, 0.29) is 0 Å². The Hall–Kier alpha value is -1.78. The Morgan fingerprint density at radius 2 is 1.78 bits per heavy atom. The lowest BCUT2D eigenvalue weighted by molar-refractivity contribution is -0.140. The van der Waals surface area contributed by atoms with Crippen molar-refractivity contribution in [3.63, 3.8) is 0 Å². The molecule has 2 rings (SSSR count). The summed E-state index contributed by atoms with van der Waals surface area (Å²) in [6.45, 7) is 3.71. The summed E-state index contributed by atoms with van der Waals surface area (Å²) >= 11 is 0. The standard InChI is InChI=1S/C13H13F3N2/c1-7-4-8(2)12-9(17-3)6-11(13(14,15)16)18-10(12)5-7/h4-6H,1-3H3,(H,17,18). The number of aryl methyl sites for hydroxylation is 2. The van der Waals surface area contributed by atoms with Gasteiger partial charge in [-0.2, -0.15) is 13.2 Å². The molecule has 0 fully saturated rings. The molecule has 1 aromatic carbocycles. The first-order valence-electron chi connectivity index (χ1n) is 5.50. The fourth-order valence-electron chi connectivity index (χ4n) is 2.10. The highest BCUT2D eigenvalue weighted by atomic mass is 19.4. The minimum absolute atomic E-state index is 0.367. The molecule has 0 unspecified atom stereocenters. The molecule has 0 amide bonds. The van der Waals surface area contributed by atoms with Crippen LogP contribution in [0.15, 0.2) is 18.2 Å². The number of alkyl halides is 3.